The fourth-order valence-electron chi connectivity index (χ4n) is 7.61. The van der Waals surface area contributed by atoms with E-state index in [1.165, 1.54) is 12.4 Å². The number of benzene rings is 5. The third kappa shape index (κ3) is 13.4. The van der Waals surface area contributed by atoms with E-state index in [-0.39, 0.29) is 6.54 Å². The second-order valence-corrected chi connectivity index (χ2v) is 15.8. The minimum atomic E-state index is -6.13. The highest BCUT2D eigenvalue weighted by Gasteiger charge is 2.47. The van der Waals surface area contributed by atoms with Crippen molar-refractivity contribution in [1.29, 1.82) is 0 Å². The van der Waals surface area contributed by atoms with Crippen molar-refractivity contribution in [2.75, 3.05) is 0 Å². The Morgan fingerprint density at radius 3 is 0.784 bits per heavy atom. The second-order valence-electron chi connectivity index (χ2n) is 15.8. The van der Waals surface area contributed by atoms with Gasteiger partial charge in [-0.05, 0) is 24.3 Å². The number of alkyl halides is 27. The van der Waals surface area contributed by atoms with Crippen LogP contribution in [0.3, 0.4) is 0 Å². The summed E-state index contributed by atoms with van der Waals surface area (Å²) in [5.74, 6) is 0. The van der Waals surface area contributed by atoms with Crippen LogP contribution in [-0.4, -0.2) is 11.1 Å². The molecule has 0 amide bonds. The zero-order chi connectivity index (χ0) is 56.2. The van der Waals surface area contributed by atoms with Gasteiger partial charge in [0.15, 0.2) is 12.7 Å². The van der Waals surface area contributed by atoms with Crippen molar-refractivity contribution in [3.8, 4) is 0 Å². The Morgan fingerprint density at radius 2 is 0.568 bits per heavy atom. The molecule has 0 bridgehead atoms. The highest BCUT2D eigenvalue weighted by atomic mass is 19.4. The summed E-state index contributed by atoms with van der Waals surface area (Å²) in [6.07, 6.45) is -55.7. The van der Waals surface area contributed by atoms with Crippen molar-refractivity contribution in [1.82, 2.24) is 4.98 Å². The zero-order valence-corrected chi connectivity index (χ0v) is 35.4. The van der Waals surface area contributed by atoms with Crippen LogP contribution >= 0.6 is 0 Å². The van der Waals surface area contributed by atoms with Gasteiger partial charge in [0.2, 0.25) is 0 Å². The molecular weight excluding hydrogens is 1080 g/mol. The molecule has 0 unspecified atom stereocenters. The lowest BCUT2D eigenvalue weighted by molar-refractivity contribution is -0.707. The molecule has 0 atom stereocenters. The number of rotatable bonds is 6. The fraction of sp³-hybridized carbons (Fsp3) is 0.227. The highest BCUT2D eigenvalue weighted by Crippen LogP contribution is 2.41. The molecule has 6 rings (SSSR count). The summed E-state index contributed by atoms with van der Waals surface area (Å²) in [6, 6.07) is 0.177. The summed E-state index contributed by atoms with van der Waals surface area (Å²) in [7, 11) is 0. The van der Waals surface area contributed by atoms with Gasteiger partial charge < -0.3 is 0 Å². The lowest BCUT2D eigenvalue weighted by Crippen LogP contribution is -2.75. The Balaban J connectivity index is 0.000000500. The van der Waals surface area contributed by atoms with Gasteiger partial charge in [0.1, 0.15) is 12.3 Å². The third-order valence-corrected chi connectivity index (χ3v) is 10.8. The molecule has 0 N–H and O–H groups in total. The van der Waals surface area contributed by atoms with E-state index < -0.39 is 207 Å². The molecule has 0 aliphatic rings. The minimum Gasteiger partial charge on any atom is -0.252 e. The standard InChI is InChI=1S/C32H12BF24.C12H10F3N2/c34-25(35,36)13-1-14(26(37,38)39)6-21(5-13)33(22-7-15(27(40,41)42)2-16(8-22)28(43,44)45,23-9-17(29(46,47)48)3-18(10-23)30(49,50)51)24-11-19(31(52,53)54)4-20(12-24)32(55,56)57;13-12(14,15)11-8-16-6-7-17(11)9-10-4-2-1-3-5-10/h1-12H;1-8H,9H2/q-1;+1. The Morgan fingerprint density at radius 1 is 0.324 bits per heavy atom. The number of hydrogen-bond acceptors (Lipinski definition) is 1. The summed E-state index contributed by atoms with van der Waals surface area (Å²) >= 11 is 0. The van der Waals surface area contributed by atoms with Gasteiger partial charge in [-0.2, -0.15) is 145 Å². The molecule has 400 valence electrons. The fourth-order valence-corrected chi connectivity index (χ4v) is 7.61. The number of halogens is 27. The minimum absolute atomic E-state index is 0.179. The molecule has 0 saturated heterocycles. The van der Waals surface area contributed by atoms with Crippen LogP contribution in [0.1, 0.15) is 55.8 Å². The molecule has 1 heterocycles. The predicted octanol–water partition coefficient (Wildman–Crippen LogP) is 13.7. The summed E-state index contributed by atoms with van der Waals surface area (Å²) in [4.78, 5) is 3.51. The Labute approximate surface area is 395 Å². The molecule has 6 aromatic rings. The molecule has 2 nitrogen and oxygen atoms in total. The summed E-state index contributed by atoms with van der Waals surface area (Å²) in [6.45, 7) is 0.179. The van der Waals surface area contributed by atoms with Crippen LogP contribution in [0.2, 0.25) is 0 Å². The van der Waals surface area contributed by atoms with Crippen LogP contribution in [0.15, 0.2) is 122 Å². The first-order chi connectivity index (χ1) is 33.3. The molecular formula is C44H22BF27N2. The normalized spacial score (nSPS) is 13.7. The first-order valence-corrected chi connectivity index (χ1v) is 19.6. The largest absolute Gasteiger partial charge is 0.479 e. The Kier molecular flexibility index (Phi) is 15.4. The second kappa shape index (κ2) is 19.6. The number of aromatic nitrogens is 2. The van der Waals surface area contributed by atoms with Gasteiger partial charge in [0, 0.05) is 5.56 Å². The van der Waals surface area contributed by atoms with Crippen LogP contribution in [0.4, 0.5) is 119 Å². The number of nitrogens with zero attached hydrogens (tertiary/aromatic N) is 2. The molecule has 1 aromatic heterocycles. The van der Waals surface area contributed by atoms with Gasteiger partial charge in [0.25, 0.3) is 0 Å². The maximum atomic E-state index is 14.2. The van der Waals surface area contributed by atoms with Crippen LogP contribution in [-0.2, 0) is 62.1 Å². The van der Waals surface area contributed by atoms with E-state index in [4.69, 9.17) is 0 Å². The van der Waals surface area contributed by atoms with E-state index in [2.05, 4.69) is 4.98 Å². The average Bonchev–Trinajstić information content (AvgIpc) is 3.24. The zero-order valence-electron chi connectivity index (χ0n) is 35.4. The molecule has 0 aliphatic carbocycles. The third-order valence-electron chi connectivity index (χ3n) is 10.8. The lowest BCUT2D eigenvalue weighted by Gasteiger charge is -2.46. The summed E-state index contributed by atoms with van der Waals surface area (Å²) in [5.41, 5.74) is -30.1. The first-order valence-electron chi connectivity index (χ1n) is 19.6. The van der Waals surface area contributed by atoms with Crippen molar-refractivity contribution in [2.24, 2.45) is 0 Å². The van der Waals surface area contributed by atoms with Crippen molar-refractivity contribution < 1.29 is 123 Å². The van der Waals surface area contributed by atoms with E-state index in [1.807, 2.05) is 6.07 Å². The first kappa shape index (κ1) is 58.2. The van der Waals surface area contributed by atoms with Crippen molar-refractivity contribution in [3.05, 3.63) is 177 Å². The van der Waals surface area contributed by atoms with Crippen LogP contribution in [0.5, 0.6) is 0 Å². The maximum Gasteiger partial charge on any atom is 0.479 e. The smallest absolute Gasteiger partial charge is 0.252 e. The summed E-state index contributed by atoms with van der Waals surface area (Å²) in [5, 5.41) is 0. The summed E-state index contributed by atoms with van der Waals surface area (Å²) < 4.78 is 380. The molecule has 0 spiro atoms. The molecule has 30 heteroatoms. The van der Waals surface area contributed by atoms with Crippen molar-refractivity contribution >= 4 is 28.0 Å². The predicted molar refractivity (Wildman–Crippen MR) is 205 cm³/mol. The number of hydrogen-bond donors (Lipinski definition) is 0. The van der Waals surface area contributed by atoms with Gasteiger partial charge in [-0.15, -0.1) is 0 Å². The van der Waals surface area contributed by atoms with Gasteiger partial charge in [-0.25, -0.2) is 0 Å². The van der Waals surface area contributed by atoms with E-state index in [1.54, 1.807) is 24.3 Å². The molecule has 5 aromatic carbocycles. The molecule has 0 fully saturated rings. The highest BCUT2D eigenvalue weighted by molar-refractivity contribution is 7.20. The topological polar surface area (TPSA) is 16.8 Å². The van der Waals surface area contributed by atoms with E-state index >= 15 is 0 Å². The van der Waals surface area contributed by atoms with Crippen LogP contribution in [0, 0.1) is 0 Å². The van der Waals surface area contributed by atoms with Gasteiger partial charge in [-0.1, -0.05) is 78.9 Å². The van der Waals surface area contributed by atoms with E-state index in [9.17, 15) is 119 Å². The maximum absolute atomic E-state index is 14.2. The molecule has 74 heavy (non-hydrogen) atoms. The van der Waals surface area contributed by atoms with Crippen LogP contribution in [0.25, 0.3) is 0 Å². The van der Waals surface area contributed by atoms with Crippen molar-refractivity contribution in [2.45, 2.75) is 62.1 Å². The monoisotopic (exact) mass is 1100 g/mol. The quantitative estimate of drug-likeness (QED) is 0.0923. The SMILES string of the molecule is FC(F)(F)c1cc([B-](c2cc(C(F)(F)F)cc(C(F)(F)F)c2)(c2cc(C(F)(F)F)cc(C(F)(F)F)c2)c2cc(C(F)(F)F)cc(C(F)(F)F)c2)cc(C(F)(F)F)c1.FC(F)(F)c1cncc[n+]1Cc1ccccc1. The van der Waals surface area contributed by atoms with Gasteiger partial charge in [-0.3, -0.25) is 4.98 Å². The van der Waals surface area contributed by atoms with Gasteiger partial charge >= 0.3 is 61.3 Å². The average molecular weight is 1100 g/mol. The van der Waals surface area contributed by atoms with E-state index in [0.717, 1.165) is 16.3 Å². The Hall–Kier alpha value is -6.65. The van der Waals surface area contributed by atoms with Crippen LogP contribution < -0.4 is 26.4 Å². The molecule has 0 radical (unpaired) electrons. The molecule has 0 aliphatic heterocycles. The van der Waals surface area contributed by atoms with E-state index in [0.29, 0.717) is 0 Å². The van der Waals surface area contributed by atoms with Gasteiger partial charge in [0.05, 0.1) is 50.7 Å². The van der Waals surface area contributed by atoms with Crippen molar-refractivity contribution in [3.63, 3.8) is 0 Å². The Bertz CT molecular complexity index is 2520. The lowest BCUT2D eigenvalue weighted by atomic mass is 9.12. The molecule has 0 saturated carbocycles.